The molecule has 2 heterocycles. The van der Waals surface area contributed by atoms with E-state index in [0.717, 1.165) is 10.2 Å². The first-order chi connectivity index (χ1) is 10.5. The van der Waals surface area contributed by atoms with E-state index in [2.05, 4.69) is 33.1 Å². The summed E-state index contributed by atoms with van der Waals surface area (Å²) in [5.41, 5.74) is 2.26. The third kappa shape index (κ3) is 3.13. The summed E-state index contributed by atoms with van der Waals surface area (Å²) in [5, 5.41) is 0. The number of fused-ring (bicyclic) bond motifs is 1. The van der Waals surface area contributed by atoms with Crippen LogP contribution < -0.4 is 4.80 Å². The first-order valence-corrected chi connectivity index (χ1v) is 8.22. The van der Waals surface area contributed by atoms with Crippen LogP contribution in [-0.2, 0) is 11.8 Å². The Hall–Kier alpha value is -1.92. The van der Waals surface area contributed by atoms with Crippen LogP contribution >= 0.6 is 27.3 Å². The van der Waals surface area contributed by atoms with Crippen molar-refractivity contribution in [2.75, 3.05) is 0 Å². The van der Waals surface area contributed by atoms with Crippen LogP contribution in [-0.4, -0.2) is 10.5 Å². The molecule has 0 saturated heterocycles. The van der Waals surface area contributed by atoms with Gasteiger partial charge in [-0.3, -0.25) is 4.79 Å². The summed E-state index contributed by atoms with van der Waals surface area (Å²) in [6.45, 7) is 2.05. The second-order valence-corrected chi connectivity index (χ2v) is 6.63. The minimum Gasteiger partial charge on any atom is -0.450 e. The van der Waals surface area contributed by atoms with Crippen LogP contribution in [0.25, 0.3) is 16.3 Å². The summed E-state index contributed by atoms with van der Waals surface area (Å²) >= 11 is 4.72. The smallest absolute Gasteiger partial charge is 0.272 e. The van der Waals surface area contributed by atoms with E-state index < -0.39 is 0 Å². The van der Waals surface area contributed by atoms with E-state index in [-0.39, 0.29) is 5.91 Å². The fraction of sp³-hybridized carbons (Fsp3) is 0.125. The van der Waals surface area contributed by atoms with Crippen LogP contribution in [0.5, 0.6) is 0 Å². The Morgan fingerprint density at radius 3 is 2.91 bits per heavy atom. The van der Waals surface area contributed by atoms with Crippen molar-refractivity contribution in [3.8, 4) is 0 Å². The Labute approximate surface area is 139 Å². The number of furan rings is 1. The molecule has 1 amide bonds. The number of carbonyl (C=O) groups is 1. The van der Waals surface area contributed by atoms with E-state index in [4.69, 9.17) is 4.42 Å². The van der Waals surface area contributed by atoms with Crippen LogP contribution in [0.1, 0.15) is 11.3 Å². The Kier molecular flexibility index (Phi) is 4.13. The van der Waals surface area contributed by atoms with E-state index in [9.17, 15) is 4.79 Å². The fourth-order valence-electron chi connectivity index (χ4n) is 2.05. The second kappa shape index (κ2) is 6.06. The van der Waals surface area contributed by atoms with Gasteiger partial charge in [-0.1, -0.05) is 17.4 Å². The number of aryl methyl sites for hydroxylation is 2. The molecule has 0 N–H and O–H groups in total. The zero-order valence-electron chi connectivity index (χ0n) is 12.0. The average molecular weight is 377 g/mol. The van der Waals surface area contributed by atoms with Gasteiger partial charge >= 0.3 is 0 Å². The molecule has 3 aromatic rings. The Morgan fingerprint density at radius 1 is 1.36 bits per heavy atom. The lowest BCUT2D eigenvalue weighted by atomic mass is 10.2. The predicted octanol–water partition coefficient (Wildman–Crippen LogP) is 4.04. The molecule has 112 valence electrons. The molecule has 3 rings (SSSR count). The highest BCUT2D eigenvalue weighted by atomic mass is 79.9. The van der Waals surface area contributed by atoms with Gasteiger partial charge in [0.1, 0.15) is 5.76 Å². The van der Waals surface area contributed by atoms with Crippen LogP contribution in [0.15, 0.2) is 50.5 Å². The number of benzene rings is 1. The molecule has 0 aliphatic carbocycles. The van der Waals surface area contributed by atoms with E-state index in [1.165, 1.54) is 23.0 Å². The summed E-state index contributed by atoms with van der Waals surface area (Å²) in [7, 11) is 1.91. The number of hydrogen-bond donors (Lipinski definition) is 0. The highest BCUT2D eigenvalue weighted by Gasteiger charge is 2.04. The standard InChI is InChI=1S/C16H13BrN2O2S/c1-10-3-6-12-13(9-10)22-16(19(12)2)18-15(20)8-5-11-4-7-14(17)21-11/h3-9H,1-2H3. The number of thiazole rings is 1. The largest absolute Gasteiger partial charge is 0.450 e. The zero-order chi connectivity index (χ0) is 15.7. The average Bonchev–Trinajstić information content (AvgIpc) is 3.01. The van der Waals surface area contributed by atoms with E-state index in [0.29, 0.717) is 15.2 Å². The molecule has 1 aromatic carbocycles. The van der Waals surface area contributed by atoms with Crippen molar-refractivity contribution < 1.29 is 9.21 Å². The Morgan fingerprint density at radius 2 is 2.18 bits per heavy atom. The zero-order valence-corrected chi connectivity index (χ0v) is 14.4. The molecule has 0 bridgehead atoms. The minimum atomic E-state index is -0.314. The van der Waals surface area contributed by atoms with Crippen molar-refractivity contribution in [3.63, 3.8) is 0 Å². The van der Waals surface area contributed by atoms with Crippen molar-refractivity contribution in [3.05, 3.63) is 57.2 Å². The van der Waals surface area contributed by atoms with Crippen molar-refractivity contribution >= 4 is 49.5 Å². The number of rotatable bonds is 2. The predicted molar refractivity (Wildman–Crippen MR) is 91.5 cm³/mol. The lowest BCUT2D eigenvalue weighted by molar-refractivity contribution is -0.113. The number of aromatic nitrogens is 1. The van der Waals surface area contributed by atoms with E-state index >= 15 is 0 Å². The van der Waals surface area contributed by atoms with Crippen LogP contribution in [0.2, 0.25) is 0 Å². The molecular weight excluding hydrogens is 364 g/mol. The molecule has 0 atom stereocenters. The number of halogens is 1. The van der Waals surface area contributed by atoms with Crippen LogP contribution in [0.3, 0.4) is 0 Å². The van der Waals surface area contributed by atoms with Gasteiger partial charge in [0.25, 0.3) is 5.91 Å². The van der Waals surface area contributed by atoms with Crippen molar-refractivity contribution in [2.24, 2.45) is 12.0 Å². The van der Waals surface area contributed by atoms with Crippen LogP contribution in [0.4, 0.5) is 0 Å². The number of hydrogen-bond acceptors (Lipinski definition) is 3. The van der Waals surface area contributed by atoms with Gasteiger partial charge in [0, 0.05) is 13.1 Å². The lowest BCUT2D eigenvalue weighted by Gasteiger charge is -1.95. The summed E-state index contributed by atoms with van der Waals surface area (Å²) in [6, 6.07) is 9.74. The monoisotopic (exact) mass is 376 g/mol. The van der Waals surface area contributed by atoms with Crippen LogP contribution in [0, 0.1) is 6.92 Å². The lowest BCUT2D eigenvalue weighted by Crippen LogP contribution is -2.12. The highest BCUT2D eigenvalue weighted by Crippen LogP contribution is 2.18. The summed E-state index contributed by atoms with van der Waals surface area (Å²) in [4.78, 5) is 16.8. The molecule has 4 nitrogen and oxygen atoms in total. The molecule has 0 spiro atoms. The third-order valence-corrected chi connectivity index (χ3v) is 4.68. The first kappa shape index (κ1) is 15.0. The topological polar surface area (TPSA) is 47.5 Å². The Bertz CT molecular complexity index is 947. The van der Waals surface area contributed by atoms with Gasteiger partial charge in [-0.2, -0.15) is 4.99 Å². The maximum atomic E-state index is 12.0. The summed E-state index contributed by atoms with van der Waals surface area (Å²) in [5.74, 6) is 0.290. The fourth-order valence-corrected chi connectivity index (χ4v) is 3.49. The molecular formula is C16H13BrN2O2S. The molecule has 2 aromatic heterocycles. The normalized spacial score (nSPS) is 12.6. The Balaban J connectivity index is 1.92. The molecule has 0 aliphatic heterocycles. The summed E-state index contributed by atoms with van der Waals surface area (Å²) < 4.78 is 8.97. The van der Waals surface area contributed by atoms with Gasteiger partial charge in [0.05, 0.1) is 10.2 Å². The highest BCUT2D eigenvalue weighted by molar-refractivity contribution is 9.10. The number of carbonyl (C=O) groups excluding carboxylic acids is 1. The summed E-state index contributed by atoms with van der Waals surface area (Å²) in [6.07, 6.45) is 3.01. The van der Waals surface area contributed by atoms with Gasteiger partial charge in [-0.15, -0.1) is 0 Å². The molecule has 0 saturated carbocycles. The van der Waals surface area contributed by atoms with Gasteiger partial charge in [-0.25, -0.2) is 0 Å². The molecule has 0 unspecified atom stereocenters. The van der Waals surface area contributed by atoms with Gasteiger partial charge in [0.15, 0.2) is 9.47 Å². The van der Waals surface area contributed by atoms with Gasteiger partial charge in [0.2, 0.25) is 0 Å². The van der Waals surface area contributed by atoms with E-state index in [1.807, 2.05) is 24.6 Å². The third-order valence-electron chi connectivity index (χ3n) is 3.15. The number of nitrogens with zero attached hydrogens (tertiary/aromatic N) is 2. The molecule has 6 heteroatoms. The maximum Gasteiger partial charge on any atom is 0.272 e. The first-order valence-electron chi connectivity index (χ1n) is 6.61. The van der Waals surface area contributed by atoms with E-state index in [1.54, 1.807) is 18.2 Å². The van der Waals surface area contributed by atoms with Crippen molar-refractivity contribution in [1.82, 2.24) is 4.57 Å². The second-order valence-electron chi connectivity index (χ2n) is 4.84. The number of amides is 1. The minimum absolute atomic E-state index is 0.314. The molecule has 0 radical (unpaired) electrons. The van der Waals surface area contributed by atoms with Crippen molar-refractivity contribution in [1.29, 1.82) is 0 Å². The molecule has 0 fully saturated rings. The molecule has 22 heavy (non-hydrogen) atoms. The SMILES string of the molecule is Cc1ccc2c(c1)sc(=NC(=O)C=Cc1ccc(Br)o1)n2C. The quantitative estimate of drug-likeness (QED) is 0.633. The maximum absolute atomic E-state index is 12.0. The van der Waals surface area contributed by atoms with Crippen molar-refractivity contribution in [2.45, 2.75) is 6.92 Å². The molecule has 0 aliphatic rings. The van der Waals surface area contributed by atoms with Gasteiger partial charge in [-0.05, 0) is 58.8 Å². The van der Waals surface area contributed by atoms with Gasteiger partial charge < -0.3 is 8.98 Å².